The molecule has 1 aliphatic carbocycles. The van der Waals surface area contributed by atoms with Gasteiger partial charge in [0.2, 0.25) is 0 Å². The van der Waals surface area contributed by atoms with Crippen molar-refractivity contribution < 1.29 is 14.3 Å². The average Bonchev–Trinajstić information content (AvgIpc) is 2.37. The molecule has 1 atom stereocenters. The zero-order valence-corrected chi connectivity index (χ0v) is 11.6. The predicted octanol–water partition coefficient (Wildman–Crippen LogP) is 2.06. The molecule has 0 spiro atoms. The average molecular weight is 261 g/mol. The quantitative estimate of drug-likeness (QED) is 0.836. The molecule has 2 rings (SSSR count). The van der Waals surface area contributed by atoms with Crippen LogP contribution in [0, 0.1) is 0 Å². The van der Waals surface area contributed by atoms with Gasteiger partial charge in [0.25, 0.3) is 5.91 Å². The highest BCUT2D eigenvalue weighted by Crippen LogP contribution is 2.26. The minimum Gasteiger partial charge on any atom is -0.481 e. The molecule has 0 fully saturated rings. The van der Waals surface area contributed by atoms with Crippen LogP contribution in [0.25, 0.3) is 0 Å². The van der Waals surface area contributed by atoms with Crippen molar-refractivity contribution >= 4 is 11.7 Å². The van der Waals surface area contributed by atoms with E-state index in [4.69, 9.17) is 4.74 Å². The summed E-state index contributed by atoms with van der Waals surface area (Å²) in [5, 5.41) is 0. The van der Waals surface area contributed by atoms with E-state index in [0.717, 1.165) is 24.0 Å². The van der Waals surface area contributed by atoms with Crippen LogP contribution in [0.15, 0.2) is 18.2 Å². The van der Waals surface area contributed by atoms with E-state index in [9.17, 15) is 9.59 Å². The third-order valence-corrected chi connectivity index (χ3v) is 3.33. The first kappa shape index (κ1) is 13.6. The van der Waals surface area contributed by atoms with Crippen molar-refractivity contribution in [3.63, 3.8) is 0 Å². The van der Waals surface area contributed by atoms with Gasteiger partial charge in [-0.05, 0) is 43.5 Å². The smallest absolute Gasteiger partial charge is 0.262 e. The van der Waals surface area contributed by atoms with Crippen molar-refractivity contribution in [2.75, 3.05) is 14.1 Å². The summed E-state index contributed by atoms with van der Waals surface area (Å²) in [6, 6.07) is 5.45. The Labute approximate surface area is 113 Å². The number of Topliss-reactive ketones (excluding diaryl/α,β-unsaturated/α-hetero) is 1. The molecule has 0 radical (unpaired) electrons. The third kappa shape index (κ3) is 2.95. The number of aryl methyl sites for hydroxylation is 1. The van der Waals surface area contributed by atoms with Gasteiger partial charge in [-0.3, -0.25) is 9.59 Å². The number of rotatable bonds is 3. The van der Waals surface area contributed by atoms with Gasteiger partial charge in [0.1, 0.15) is 5.75 Å². The van der Waals surface area contributed by atoms with Crippen LogP contribution in [0.3, 0.4) is 0 Å². The summed E-state index contributed by atoms with van der Waals surface area (Å²) in [4.78, 5) is 25.0. The summed E-state index contributed by atoms with van der Waals surface area (Å²) in [5.41, 5.74) is 1.82. The molecule has 1 aromatic rings. The molecule has 102 valence electrons. The Kier molecular flexibility index (Phi) is 3.88. The summed E-state index contributed by atoms with van der Waals surface area (Å²) < 4.78 is 5.64. The first-order chi connectivity index (χ1) is 8.99. The number of benzene rings is 1. The Hall–Kier alpha value is -1.84. The first-order valence-corrected chi connectivity index (χ1v) is 6.53. The molecule has 0 heterocycles. The van der Waals surface area contributed by atoms with Gasteiger partial charge in [-0.1, -0.05) is 0 Å². The van der Waals surface area contributed by atoms with E-state index < -0.39 is 6.10 Å². The lowest BCUT2D eigenvalue weighted by Crippen LogP contribution is -2.35. The Bertz CT molecular complexity index is 508. The molecule has 0 saturated heterocycles. The molecule has 19 heavy (non-hydrogen) atoms. The standard InChI is InChI=1S/C15H19NO3/c1-10(15(18)16(2)3)19-12-7-8-13-11(9-12)5-4-6-14(13)17/h7-10H,4-6H2,1-3H3. The van der Waals surface area contributed by atoms with Gasteiger partial charge in [-0.15, -0.1) is 0 Å². The van der Waals surface area contributed by atoms with Crippen molar-refractivity contribution in [2.24, 2.45) is 0 Å². The molecule has 0 aliphatic heterocycles. The number of fused-ring (bicyclic) bond motifs is 1. The van der Waals surface area contributed by atoms with Gasteiger partial charge in [0.15, 0.2) is 11.9 Å². The largest absolute Gasteiger partial charge is 0.481 e. The summed E-state index contributed by atoms with van der Waals surface area (Å²) in [6.45, 7) is 1.73. The maximum absolute atomic E-state index is 11.7. The molecule has 0 saturated carbocycles. The van der Waals surface area contributed by atoms with Crippen LogP contribution in [-0.4, -0.2) is 36.8 Å². The fourth-order valence-corrected chi connectivity index (χ4v) is 2.31. The molecule has 4 heteroatoms. The van der Waals surface area contributed by atoms with Gasteiger partial charge >= 0.3 is 0 Å². The topological polar surface area (TPSA) is 46.6 Å². The van der Waals surface area contributed by atoms with Gasteiger partial charge in [0, 0.05) is 26.1 Å². The number of likely N-dealkylation sites (N-methyl/N-ethyl adjacent to an activating group) is 1. The van der Waals surface area contributed by atoms with Gasteiger partial charge in [-0.2, -0.15) is 0 Å². The van der Waals surface area contributed by atoms with Crippen LogP contribution in [-0.2, 0) is 11.2 Å². The van der Waals surface area contributed by atoms with Gasteiger partial charge in [0.05, 0.1) is 0 Å². The summed E-state index contributed by atoms with van der Waals surface area (Å²) in [7, 11) is 3.40. The molecule has 0 N–H and O–H groups in total. The van der Waals surface area contributed by atoms with Crippen molar-refractivity contribution in [2.45, 2.75) is 32.3 Å². The number of carbonyl (C=O) groups excluding carboxylic acids is 2. The number of hydrogen-bond donors (Lipinski definition) is 0. The molecule has 1 unspecified atom stereocenters. The molecule has 1 aliphatic rings. The number of nitrogens with zero attached hydrogens (tertiary/aromatic N) is 1. The van der Waals surface area contributed by atoms with Crippen LogP contribution in [0.5, 0.6) is 5.75 Å². The Balaban J connectivity index is 2.14. The number of ether oxygens (including phenoxy) is 1. The fraction of sp³-hybridized carbons (Fsp3) is 0.467. The third-order valence-electron chi connectivity index (χ3n) is 3.33. The first-order valence-electron chi connectivity index (χ1n) is 6.53. The van der Waals surface area contributed by atoms with Gasteiger partial charge in [-0.25, -0.2) is 0 Å². The number of ketones is 1. The molecule has 4 nitrogen and oxygen atoms in total. The van der Waals surface area contributed by atoms with E-state index in [2.05, 4.69) is 0 Å². The minimum atomic E-state index is -0.521. The maximum atomic E-state index is 11.7. The monoisotopic (exact) mass is 261 g/mol. The van der Waals surface area contributed by atoms with Crippen LogP contribution in [0.1, 0.15) is 35.7 Å². The predicted molar refractivity (Wildman–Crippen MR) is 72.5 cm³/mol. The Morgan fingerprint density at radius 3 is 2.74 bits per heavy atom. The lowest BCUT2D eigenvalue weighted by Gasteiger charge is -2.20. The lowest BCUT2D eigenvalue weighted by molar-refractivity contribution is -0.135. The lowest BCUT2D eigenvalue weighted by atomic mass is 9.90. The molecular weight excluding hydrogens is 242 g/mol. The van der Waals surface area contributed by atoms with Crippen LogP contribution in [0.2, 0.25) is 0 Å². The summed E-state index contributed by atoms with van der Waals surface area (Å²) in [5.74, 6) is 0.773. The highest BCUT2D eigenvalue weighted by atomic mass is 16.5. The van der Waals surface area contributed by atoms with Crippen molar-refractivity contribution in [1.82, 2.24) is 4.90 Å². The molecule has 1 amide bonds. The van der Waals surface area contributed by atoms with E-state index in [1.165, 1.54) is 4.90 Å². The summed E-state index contributed by atoms with van der Waals surface area (Å²) in [6.07, 6.45) is 1.89. The SMILES string of the molecule is CC(Oc1ccc2c(c1)CCCC2=O)C(=O)N(C)C. The van der Waals surface area contributed by atoms with E-state index >= 15 is 0 Å². The van der Waals surface area contributed by atoms with Crippen LogP contribution >= 0.6 is 0 Å². The number of amides is 1. The zero-order valence-electron chi connectivity index (χ0n) is 11.6. The van der Waals surface area contributed by atoms with Crippen LogP contribution < -0.4 is 4.74 Å². The normalized spacial score (nSPS) is 15.6. The summed E-state index contributed by atoms with van der Waals surface area (Å²) >= 11 is 0. The molecule has 0 aromatic heterocycles. The van der Waals surface area contributed by atoms with Gasteiger partial charge < -0.3 is 9.64 Å². The molecule has 1 aromatic carbocycles. The van der Waals surface area contributed by atoms with E-state index in [1.54, 1.807) is 33.2 Å². The highest BCUT2D eigenvalue weighted by molar-refractivity contribution is 5.98. The second-order valence-electron chi connectivity index (χ2n) is 5.09. The Morgan fingerprint density at radius 2 is 2.05 bits per heavy atom. The van der Waals surface area contributed by atoms with E-state index in [-0.39, 0.29) is 11.7 Å². The number of carbonyl (C=O) groups is 2. The van der Waals surface area contributed by atoms with Crippen molar-refractivity contribution in [3.05, 3.63) is 29.3 Å². The van der Waals surface area contributed by atoms with E-state index in [0.29, 0.717) is 12.2 Å². The van der Waals surface area contributed by atoms with Crippen molar-refractivity contribution in [1.29, 1.82) is 0 Å². The van der Waals surface area contributed by atoms with Crippen LogP contribution in [0.4, 0.5) is 0 Å². The second-order valence-corrected chi connectivity index (χ2v) is 5.09. The van der Waals surface area contributed by atoms with E-state index in [1.807, 2.05) is 6.07 Å². The molecule has 0 bridgehead atoms. The van der Waals surface area contributed by atoms with Crippen molar-refractivity contribution in [3.8, 4) is 5.75 Å². The maximum Gasteiger partial charge on any atom is 0.262 e. The zero-order chi connectivity index (χ0) is 14.0. The highest BCUT2D eigenvalue weighted by Gasteiger charge is 2.20. The minimum absolute atomic E-state index is 0.0752. The fourth-order valence-electron chi connectivity index (χ4n) is 2.31. The second kappa shape index (κ2) is 5.43. The Morgan fingerprint density at radius 1 is 1.32 bits per heavy atom. The number of hydrogen-bond acceptors (Lipinski definition) is 3. The molecular formula is C15H19NO3.